The molecule has 5 heteroatoms. The number of carbonyl (C=O) groups excluding carboxylic acids is 2. The smallest absolute Gasteiger partial charge is 0.225 e. The number of likely N-dealkylation sites (tertiary alicyclic amines) is 1. The number of hydrogen-bond acceptors (Lipinski definition) is 3. The van der Waals surface area contributed by atoms with Crippen molar-refractivity contribution in [3.8, 4) is 0 Å². The van der Waals surface area contributed by atoms with Crippen molar-refractivity contribution in [2.24, 2.45) is 11.8 Å². The normalized spacial score (nSPS) is 20.4. The molecular formula is C20H29N3O2. The SMILES string of the molecule is CCN(C)Cc1cccc(CNC(=O)[C@@H]2CC(=O)N(CC3CC3)C2)c1. The predicted octanol–water partition coefficient (Wildman–Crippen LogP) is 2.01. The summed E-state index contributed by atoms with van der Waals surface area (Å²) in [6, 6.07) is 8.33. The van der Waals surface area contributed by atoms with Crippen molar-refractivity contribution >= 4 is 11.8 Å². The van der Waals surface area contributed by atoms with Gasteiger partial charge in [0.1, 0.15) is 0 Å². The molecule has 1 aliphatic heterocycles. The summed E-state index contributed by atoms with van der Waals surface area (Å²) < 4.78 is 0. The second-order valence-electron chi connectivity index (χ2n) is 7.51. The van der Waals surface area contributed by atoms with E-state index in [0.717, 1.165) is 25.2 Å². The van der Waals surface area contributed by atoms with Gasteiger partial charge in [-0.2, -0.15) is 0 Å². The summed E-state index contributed by atoms with van der Waals surface area (Å²) in [5.74, 6) is 0.620. The van der Waals surface area contributed by atoms with E-state index in [2.05, 4.69) is 36.3 Å². The zero-order valence-electron chi connectivity index (χ0n) is 15.3. The second kappa shape index (κ2) is 8.00. The molecular weight excluding hydrogens is 314 g/mol. The molecule has 3 rings (SSSR count). The topological polar surface area (TPSA) is 52.7 Å². The van der Waals surface area contributed by atoms with Crippen LogP contribution in [0, 0.1) is 11.8 Å². The van der Waals surface area contributed by atoms with E-state index < -0.39 is 0 Å². The first-order valence-corrected chi connectivity index (χ1v) is 9.37. The zero-order valence-corrected chi connectivity index (χ0v) is 15.3. The summed E-state index contributed by atoms with van der Waals surface area (Å²) in [4.78, 5) is 28.6. The van der Waals surface area contributed by atoms with Gasteiger partial charge in [0.15, 0.2) is 0 Å². The summed E-state index contributed by atoms with van der Waals surface area (Å²) >= 11 is 0. The molecule has 0 spiro atoms. The third-order valence-electron chi connectivity index (χ3n) is 5.21. The van der Waals surface area contributed by atoms with Crippen molar-refractivity contribution < 1.29 is 9.59 Å². The van der Waals surface area contributed by atoms with Crippen LogP contribution in [-0.4, -0.2) is 48.3 Å². The highest BCUT2D eigenvalue weighted by atomic mass is 16.2. The highest BCUT2D eigenvalue weighted by Crippen LogP contribution is 2.32. The number of carbonyl (C=O) groups is 2. The van der Waals surface area contributed by atoms with E-state index in [1.54, 1.807) is 0 Å². The van der Waals surface area contributed by atoms with Crippen LogP contribution in [-0.2, 0) is 22.7 Å². The minimum Gasteiger partial charge on any atom is -0.352 e. The molecule has 0 bridgehead atoms. The Balaban J connectivity index is 1.49. The number of nitrogens with one attached hydrogen (secondary N) is 1. The van der Waals surface area contributed by atoms with Crippen molar-refractivity contribution in [1.29, 1.82) is 0 Å². The Morgan fingerprint density at radius 3 is 2.80 bits per heavy atom. The van der Waals surface area contributed by atoms with Crippen LogP contribution in [0.25, 0.3) is 0 Å². The third-order valence-corrected chi connectivity index (χ3v) is 5.21. The van der Waals surface area contributed by atoms with Gasteiger partial charge in [-0.05, 0) is 43.5 Å². The highest BCUT2D eigenvalue weighted by molar-refractivity contribution is 5.89. The largest absolute Gasteiger partial charge is 0.352 e. The number of benzene rings is 1. The average molecular weight is 343 g/mol. The molecule has 1 N–H and O–H groups in total. The quantitative estimate of drug-likeness (QED) is 0.786. The van der Waals surface area contributed by atoms with Crippen molar-refractivity contribution in [2.75, 3.05) is 26.7 Å². The van der Waals surface area contributed by atoms with Gasteiger partial charge in [0, 0.05) is 32.6 Å². The number of rotatable bonds is 8. The maximum absolute atomic E-state index is 12.4. The summed E-state index contributed by atoms with van der Waals surface area (Å²) in [5, 5.41) is 3.01. The lowest BCUT2D eigenvalue weighted by atomic mass is 10.1. The summed E-state index contributed by atoms with van der Waals surface area (Å²) in [5.41, 5.74) is 2.36. The lowest BCUT2D eigenvalue weighted by Gasteiger charge is -2.16. The molecule has 2 amide bonds. The van der Waals surface area contributed by atoms with Crippen LogP contribution < -0.4 is 5.32 Å². The fourth-order valence-electron chi connectivity index (χ4n) is 3.33. The number of hydrogen-bond donors (Lipinski definition) is 1. The molecule has 136 valence electrons. The van der Waals surface area contributed by atoms with E-state index >= 15 is 0 Å². The van der Waals surface area contributed by atoms with Gasteiger partial charge in [0.05, 0.1) is 5.92 Å². The third kappa shape index (κ3) is 5.05. The van der Waals surface area contributed by atoms with Crippen LogP contribution in [0.4, 0.5) is 0 Å². The van der Waals surface area contributed by atoms with Crippen molar-refractivity contribution in [1.82, 2.24) is 15.1 Å². The molecule has 1 saturated carbocycles. The van der Waals surface area contributed by atoms with Crippen molar-refractivity contribution in [2.45, 2.75) is 39.3 Å². The van der Waals surface area contributed by atoms with Crippen molar-refractivity contribution in [3.63, 3.8) is 0 Å². The van der Waals surface area contributed by atoms with E-state index in [0.29, 0.717) is 25.4 Å². The Bertz CT molecular complexity index is 627. The number of amides is 2. The van der Waals surface area contributed by atoms with Crippen molar-refractivity contribution in [3.05, 3.63) is 35.4 Å². The fourth-order valence-corrected chi connectivity index (χ4v) is 3.33. The van der Waals surface area contributed by atoms with Gasteiger partial charge in [-0.1, -0.05) is 31.2 Å². The van der Waals surface area contributed by atoms with Gasteiger partial charge in [0.25, 0.3) is 0 Å². The van der Waals surface area contributed by atoms with Gasteiger partial charge < -0.3 is 15.1 Å². The lowest BCUT2D eigenvalue weighted by molar-refractivity contribution is -0.129. The molecule has 0 aromatic heterocycles. The van der Waals surface area contributed by atoms with E-state index in [-0.39, 0.29) is 17.7 Å². The molecule has 25 heavy (non-hydrogen) atoms. The summed E-state index contributed by atoms with van der Waals surface area (Å²) in [6.45, 7) is 6.01. The van der Waals surface area contributed by atoms with Crippen LogP contribution in [0.3, 0.4) is 0 Å². The molecule has 1 aliphatic carbocycles. The molecule has 1 saturated heterocycles. The Labute approximate surface area is 150 Å². The molecule has 1 heterocycles. The summed E-state index contributed by atoms with van der Waals surface area (Å²) in [6.07, 6.45) is 2.81. The minimum absolute atomic E-state index is 0.00252. The maximum atomic E-state index is 12.4. The van der Waals surface area contributed by atoms with E-state index in [9.17, 15) is 9.59 Å². The van der Waals surface area contributed by atoms with Gasteiger partial charge in [-0.25, -0.2) is 0 Å². The van der Waals surface area contributed by atoms with Crippen LogP contribution in [0.15, 0.2) is 24.3 Å². The van der Waals surface area contributed by atoms with Crippen LogP contribution in [0.1, 0.15) is 37.3 Å². The van der Waals surface area contributed by atoms with E-state index in [1.807, 2.05) is 17.0 Å². The lowest BCUT2D eigenvalue weighted by Crippen LogP contribution is -2.33. The van der Waals surface area contributed by atoms with Gasteiger partial charge in [-0.3, -0.25) is 9.59 Å². The first kappa shape index (κ1) is 17.9. The number of nitrogens with zero attached hydrogens (tertiary/aromatic N) is 2. The molecule has 2 fully saturated rings. The van der Waals surface area contributed by atoms with E-state index in [4.69, 9.17) is 0 Å². The Morgan fingerprint density at radius 1 is 1.32 bits per heavy atom. The molecule has 1 aromatic carbocycles. The Kier molecular flexibility index (Phi) is 5.74. The first-order chi connectivity index (χ1) is 12.0. The molecule has 5 nitrogen and oxygen atoms in total. The fraction of sp³-hybridized carbons (Fsp3) is 0.600. The zero-order chi connectivity index (χ0) is 17.8. The molecule has 2 aliphatic rings. The molecule has 1 atom stereocenters. The van der Waals surface area contributed by atoms with E-state index in [1.165, 1.54) is 18.4 Å². The monoisotopic (exact) mass is 343 g/mol. The standard InChI is InChI=1S/C20H29N3O2/c1-3-22(2)12-17-6-4-5-16(9-17)11-21-20(25)18-10-19(24)23(14-18)13-15-7-8-15/h4-6,9,15,18H,3,7-8,10-14H2,1-2H3,(H,21,25)/t18-/m1/s1. The molecule has 0 unspecified atom stereocenters. The summed E-state index contributed by atoms with van der Waals surface area (Å²) in [7, 11) is 2.10. The molecule has 0 radical (unpaired) electrons. The van der Waals surface area contributed by atoms with Gasteiger partial charge in [0.2, 0.25) is 11.8 Å². The highest BCUT2D eigenvalue weighted by Gasteiger charge is 2.36. The Morgan fingerprint density at radius 2 is 2.08 bits per heavy atom. The predicted molar refractivity (Wildman–Crippen MR) is 97.7 cm³/mol. The minimum atomic E-state index is -0.194. The average Bonchev–Trinajstić information content (AvgIpc) is 3.35. The molecule has 1 aromatic rings. The second-order valence-corrected chi connectivity index (χ2v) is 7.51. The van der Waals surface area contributed by atoms with Gasteiger partial charge in [-0.15, -0.1) is 0 Å². The van der Waals surface area contributed by atoms with Crippen LogP contribution in [0.2, 0.25) is 0 Å². The first-order valence-electron chi connectivity index (χ1n) is 9.37. The maximum Gasteiger partial charge on any atom is 0.225 e. The van der Waals surface area contributed by atoms with Gasteiger partial charge >= 0.3 is 0 Å². The van der Waals surface area contributed by atoms with Crippen LogP contribution >= 0.6 is 0 Å². The van der Waals surface area contributed by atoms with Crippen LogP contribution in [0.5, 0.6) is 0 Å². The Hall–Kier alpha value is -1.88.